The summed E-state index contributed by atoms with van der Waals surface area (Å²) in [7, 11) is 0. The Morgan fingerprint density at radius 1 is 1.24 bits per heavy atom. The van der Waals surface area contributed by atoms with Crippen LogP contribution in [0, 0.1) is 13.8 Å². The van der Waals surface area contributed by atoms with Gasteiger partial charge in [-0.1, -0.05) is 18.6 Å². The fourth-order valence-electron chi connectivity index (χ4n) is 4.31. The van der Waals surface area contributed by atoms with Gasteiger partial charge >= 0.3 is 0 Å². The summed E-state index contributed by atoms with van der Waals surface area (Å²) in [5.74, 6) is 0.551. The third-order valence-corrected chi connectivity index (χ3v) is 5.92. The Morgan fingerprint density at radius 2 is 2.07 bits per heavy atom. The molecule has 1 fully saturated rings. The smallest absolute Gasteiger partial charge is 0.259 e. The summed E-state index contributed by atoms with van der Waals surface area (Å²) in [6.07, 6.45) is 3.55. The van der Waals surface area contributed by atoms with Crippen molar-refractivity contribution in [3.63, 3.8) is 0 Å². The first-order chi connectivity index (χ1) is 13.9. The Hall–Kier alpha value is -2.79. The van der Waals surface area contributed by atoms with E-state index in [-0.39, 0.29) is 11.7 Å². The molecule has 1 aliphatic rings. The van der Waals surface area contributed by atoms with E-state index in [0.29, 0.717) is 34.9 Å². The van der Waals surface area contributed by atoms with Crippen LogP contribution in [0.5, 0.6) is 5.75 Å². The predicted octanol–water partition coefficient (Wildman–Crippen LogP) is 5.38. The lowest BCUT2D eigenvalue weighted by Crippen LogP contribution is -2.36. The van der Waals surface area contributed by atoms with Crippen LogP contribution in [0.25, 0.3) is 11.0 Å². The number of aromatic hydroxyl groups is 1. The topological polar surface area (TPSA) is 65.7 Å². The highest BCUT2D eigenvalue weighted by Gasteiger charge is 2.26. The van der Waals surface area contributed by atoms with Crippen molar-refractivity contribution in [2.75, 3.05) is 11.9 Å². The second-order valence-corrected chi connectivity index (χ2v) is 8.11. The summed E-state index contributed by atoms with van der Waals surface area (Å²) in [5, 5.41) is 14.4. The molecule has 152 valence electrons. The van der Waals surface area contributed by atoms with Crippen molar-refractivity contribution in [1.29, 1.82) is 0 Å². The van der Waals surface area contributed by atoms with Crippen LogP contribution in [0.2, 0.25) is 0 Å². The van der Waals surface area contributed by atoms with Crippen molar-refractivity contribution in [3.05, 3.63) is 58.8 Å². The summed E-state index contributed by atoms with van der Waals surface area (Å²) in [4.78, 5) is 15.6. The molecule has 2 aromatic carbocycles. The Bertz CT molecular complexity index is 1050. The van der Waals surface area contributed by atoms with Crippen LogP contribution >= 0.6 is 0 Å². The van der Waals surface area contributed by atoms with Crippen LogP contribution in [-0.2, 0) is 6.54 Å². The zero-order chi connectivity index (χ0) is 20.5. The first kappa shape index (κ1) is 19.5. The van der Waals surface area contributed by atoms with Crippen molar-refractivity contribution >= 4 is 22.6 Å². The molecule has 5 nitrogen and oxygen atoms in total. The molecule has 1 atom stereocenters. The molecule has 2 N–H and O–H groups in total. The second kappa shape index (κ2) is 7.91. The molecule has 0 saturated carbocycles. The normalized spacial score (nSPS) is 17.6. The van der Waals surface area contributed by atoms with Crippen molar-refractivity contribution in [1.82, 2.24) is 4.90 Å². The zero-order valence-electron chi connectivity index (χ0n) is 17.3. The molecular weight excluding hydrogens is 364 g/mol. The number of phenolic OH excluding ortho intramolecular Hbond substituents is 1. The monoisotopic (exact) mass is 392 g/mol. The summed E-state index contributed by atoms with van der Waals surface area (Å²) in [5.41, 5.74) is 3.72. The molecule has 0 spiro atoms. The highest BCUT2D eigenvalue weighted by Crippen LogP contribution is 2.36. The fraction of sp³-hybridized carbons (Fsp3) is 0.375. The van der Waals surface area contributed by atoms with Gasteiger partial charge in [0, 0.05) is 29.2 Å². The number of fused-ring (bicyclic) bond motifs is 1. The van der Waals surface area contributed by atoms with Gasteiger partial charge in [-0.25, -0.2) is 0 Å². The Kier molecular flexibility index (Phi) is 5.33. The SMILES string of the molecule is Cc1cccc(NC(=O)c2c(C)oc3ccc(O)c(CN4CCCC[C@H]4C)c23)c1. The maximum atomic E-state index is 13.2. The van der Waals surface area contributed by atoms with Crippen LogP contribution in [0.15, 0.2) is 40.8 Å². The summed E-state index contributed by atoms with van der Waals surface area (Å²) in [6.45, 7) is 7.62. The molecule has 1 amide bonds. The molecule has 3 aromatic rings. The van der Waals surface area contributed by atoms with E-state index in [1.54, 1.807) is 19.1 Å². The van der Waals surface area contributed by atoms with E-state index in [4.69, 9.17) is 4.42 Å². The van der Waals surface area contributed by atoms with Crippen molar-refractivity contribution < 1.29 is 14.3 Å². The van der Waals surface area contributed by atoms with Crippen LogP contribution in [0.4, 0.5) is 5.69 Å². The van der Waals surface area contributed by atoms with Crippen LogP contribution < -0.4 is 5.32 Å². The van der Waals surface area contributed by atoms with Gasteiger partial charge in [-0.15, -0.1) is 0 Å². The number of furan rings is 1. The Balaban J connectivity index is 1.74. The number of phenols is 1. The number of nitrogens with one attached hydrogen (secondary N) is 1. The molecule has 1 aromatic heterocycles. The fourth-order valence-corrected chi connectivity index (χ4v) is 4.31. The van der Waals surface area contributed by atoms with Gasteiger partial charge in [0.2, 0.25) is 0 Å². The molecule has 0 radical (unpaired) electrons. The first-order valence-corrected chi connectivity index (χ1v) is 10.3. The lowest BCUT2D eigenvalue weighted by atomic mass is 9.99. The number of amides is 1. The highest BCUT2D eigenvalue weighted by molar-refractivity contribution is 6.14. The number of likely N-dealkylation sites (tertiary alicyclic amines) is 1. The van der Waals surface area contributed by atoms with Gasteiger partial charge in [0.1, 0.15) is 17.1 Å². The number of hydrogen-bond donors (Lipinski definition) is 2. The van der Waals surface area contributed by atoms with Gasteiger partial charge in [-0.3, -0.25) is 9.69 Å². The van der Waals surface area contributed by atoms with E-state index in [2.05, 4.69) is 17.1 Å². The van der Waals surface area contributed by atoms with Gasteiger partial charge in [0.25, 0.3) is 5.91 Å². The average molecular weight is 392 g/mol. The number of piperidine rings is 1. The van der Waals surface area contributed by atoms with Crippen molar-refractivity contribution in [3.8, 4) is 5.75 Å². The minimum absolute atomic E-state index is 0.209. The number of nitrogens with zero attached hydrogens (tertiary/aromatic N) is 1. The van der Waals surface area contributed by atoms with E-state index < -0.39 is 0 Å². The molecule has 2 heterocycles. The minimum atomic E-state index is -0.217. The molecule has 1 saturated heterocycles. The van der Waals surface area contributed by atoms with Crippen LogP contribution in [-0.4, -0.2) is 28.5 Å². The number of aryl methyl sites for hydroxylation is 2. The van der Waals surface area contributed by atoms with E-state index in [1.165, 1.54) is 6.42 Å². The van der Waals surface area contributed by atoms with Gasteiger partial charge < -0.3 is 14.8 Å². The van der Waals surface area contributed by atoms with E-state index in [1.807, 2.05) is 31.2 Å². The van der Waals surface area contributed by atoms with Gasteiger partial charge in [0.05, 0.1) is 5.56 Å². The standard InChI is InChI=1S/C24H28N2O3/c1-15-7-6-9-18(13-15)25-24(28)22-17(3)29-21-11-10-20(27)19(23(21)22)14-26-12-5-4-8-16(26)2/h6-7,9-11,13,16,27H,4-5,8,12,14H2,1-3H3,(H,25,28)/t16-/m1/s1. The van der Waals surface area contributed by atoms with Gasteiger partial charge in [0.15, 0.2) is 0 Å². The molecule has 1 aliphatic heterocycles. The molecule has 0 unspecified atom stereocenters. The Morgan fingerprint density at radius 3 is 2.83 bits per heavy atom. The molecule has 0 aliphatic carbocycles. The van der Waals surface area contributed by atoms with Gasteiger partial charge in [-0.2, -0.15) is 0 Å². The molecule has 29 heavy (non-hydrogen) atoms. The predicted molar refractivity (Wildman–Crippen MR) is 115 cm³/mol. The molecule has 5 heteroatoms. The molecular formula is C24H28N2O3. The molecule has 0 bridgehead atoms. The summed E-state index contributed by atoms with van der Waals surface area (Å²) < 4.78 is 5.90. The second-order valence-electron chi connectivity index (χ2n) is 8.11. The summed E-state index contributed by atoms with van der Waals surface area (Å²) >= 11 is 0. The van der Waals surface area contributed by atoms with E-state index >= 15 is 0 Å². The minimum Gasteiger partial charge on any atom is -0.508 e. The van der Waals surface area contributed by atoms with E-state index in [0.717, 1.165) is 36.2 Å². The number of carbonyl (C=O) groups is 1. The van der Waals surface area contributed by atoms with E-state index in [9.17, 15) is 9.90 Å². The first-order valence-electron chi connectivity index (χ1n) is 10.3. The third kappa shape index (κ3) is 3.87. The number of anilines is 1. The highest BCUT2D eigenvalue weighted by atomic mass is 16.3. The largest absolute Gasteiger partial charge is 0.508 e. The number of benzene rings is 2. The third-order valence-electron chi connectivity index (χ3n) is 5.92. The van der Waals surface area contributed by atoms with Crippen molar-refractivity contribution in [2.24, 2.45) is 0 Å². The maximum Gasteiger partial charge on any atom is 0.259 e. The lowest BCUT2D eigenvalue weighted by Gasteiger charge is -2.33. The lowest BCUT2D eigenvalue weighted by molar-refractivity contribution is 0.102. The summed E-state index contributed by atoms with van der Waals surface area (Å²) in [6, 6.07) is 11.6. The van der Waals surface area contributed by atoms with Gasteiger partial charge in [-0.05, 0) is 70.0 Å². The van der Waals surface area contributed by atoms with Crippen LogP contribution in [0.1, 0.15) is 53.4 Å². The number of rotatable bonds is 4. The van der Waals surface area contributed by atoms with Crippen LogP contribution in [0.3, 0.4) is 0 Å². The maximum absolute atomic E-state index is 13.2. The zero-order valence-corrected chi connectivity index (χ0v) is 17.3. The Labute approximate surface area is 171 Å². The number of carbonyl (C=O) groups excluding carboxylic acids is 1. The van der Waals surface area contributed by atoms with Crippen molar-refractivity contribution in [2.45, 2.75) is 52.6 Å². The quantitative estimate of drug-likeness (QED) is 0.625. The average Bonchev–Trinajstić information content (AvgIpc) is 3.02. The molecule has 4 rings (SSSR count). The number of hydrogen-bond acceptors (Lipinski definition) is 4.